The van der Waals surface area contributed by atoms with Gasteiger partial charge in [-0.2, -0.15) is 21.4 Å². The van der Waals surface area contributed by atoms with E-state index in [4.69, 9.17) is 23.2 Å². The van der Waals surface area contributed by atoms with Crippen LogP contribution >= 0.6 is 46.3 Å². The minimum absolute atomic E-state index is 0.0424. The average Bonchev–Trinajstić information content (AvgIpc) is 3.51. The maximum atomic E-state index is 11.5. The van der Waals surface area contributed by atoms with Gasteiger partial charge in [0.25, 0.3) is 30.9 Å². The van der Waals surface area contributed by atoms with Crippen LogP contribution < -0.4 is 9.47 Å². The van der Waals surface area contributed by atoms with Gasteiger partial charge in [-0.3, -0.25) is 19.2 Å². The zero-order chi connectivity index (χ0) is 34.6. The molecule has 0 radical (unpaired) electrons. The van der Waals surface area contributed by atoms with Crippen molar-refractivity contribution in [3.05, 3.63) is 114 Å². The second-order valence-corrected chi connectivity index (χ2v) is 16.8. The summed E-state index contributed by atoms with van der Waals surface area (Å²) >= 11 is 15.6. The highest BCUT2D eigenvalue weighted by Crippen LogP contribution is 2.47. The third kappa shape index (κ3) is 9.66. The first-order chi connectivity index (χ1) is 22.6. The highest BCUT2D eigenvalue weighted by Gasteiger charge is 2.27. The van der Waals surface area contributed by atoms with Crippen LogP contribution in [0.15, 0.2) is 88.3 Å². The van der Waals surface area contributed by atoms with Crippen LogP contribution in [-0.2, 0) is 26.8 Å². The molecule has 0 fully saturated rings. The molecule has 0 bridgehead atoms. The van der Waals surface area contributed by atoms with Crippen molar-refractivity contribution < 1.29 is 35.4 Å². The molecule has 2 heterocycles. The third-order valence-electron chi connectivity index (χ3n) is 7.11. The normalized spacial score (nSPS) is 14.8. The molecule has 0 amide bonds. The molecular weight excluding hydrogens is 742 g/mol. The van der Waals surface area contributed by atoms with E-state index in [9.17, 15) is 36.1 Å². The quantitative estimate of drug-likeness (QED) is 0.0458. The van der Waals surface area contributed by atoms with Gasteiger partial charge in [-0.15, -0.1) is 0 Å². The van der Waals surface area contributed by atoms with E-state index in [0.717, 1.165) is 30.8 Å². The summed E-state index contributed by atoms with van der Waals surface area (Å²) < 4.78 is 67.5. The second-order valence-electron chi connectivity index (χ2n) is 10.7. The zero-order valence-corrected chi connectivity index (χ0v) is 29.7. The number of nitro groups is 1. The van der Waals surface area contributed by atoms with E-state index in [0.29, 0.717) is 21.2 Å². The van der Waals surface area contributed by atoms with Crippen molar-refractivity contribution >= 4 is 100 Å². The summed E-state index contributed by atoms with van der Waals surface area (Å²) in [5.41, 5.74) is 2.91. The molecule has 0 unspecified atom stereocenters. The highest BCUT2D eigenvalue weighted by atomic mass is 35.5. The molecule has 1 aliphatic heterocycles. The lowest BCUT2D eigenvalue weighted by Gasteiger charge is -2.20. The lowest BCUT2D eigenvalue weighted by molar-refractivity contribution is -0.668. The van der Waals surface area contributed by atoms with Gasteiger partial charge in [-0.1, -0.05) is 58.5 Å². The Bertz CT molecular complexity index is 2180. The number of benzene rings is 3. The monoisotopic (exact) mass is 768 g/mol. The Kier molecular flexibility index (Phi) is 11.3. The number of nitrogens with zero attached hydrogens (tertiary/aromatic N) is 3. The van der Waals surface area contributed by atoms with Gasteiger partial charge in [0.2, 0.25) is 5.52 Å². The SMILES string of the molecule is O=[N+]([O-])c1ccc(/C=C/C(/C=C2\Sc3ccc(Cl)cc3N2CCCS(=O)(=O)O)=C\c2sc3ccc(Cl)cc3[n+]2CCCS(=O)(=O)O)cc1. The first kappa shape index (κ1) is 36.0. The number of thioether (sulfide) groups is 1. The van der Waals surface area contributed by atoms with E-state index in [1.54, 1.807) is 42.5 Å². The van der Waals surface area contributed by atoms with Crippen molar-refractivity contribution in [3.8, 4) is 0 Å². The Hall–Kier alpha value is -3.28. The van der Waals surface area contributed by atoms with Crippen molar-refractivity contribution in [1.29, 1.82) is 0 Å². The van der Waals surface area contributed by atoms with Gasteiger partial charge < -0.3 is 4.90 Å². The largest absolute Gasteiger partial charge is 0.335 e. The molecule has 17 heteroatoms. The predicted octanol–water partition coefficient (Wildman–Crippen LogP) is 7.51. The fraction of sp³-hybridized carbons (Fsp3) is 0.194. The predicted molar refractivity (Wildman–Crippen MR) is 192 cm³/mol. The van der Waals surface area contributed by atoms with Gasteiger partial charge >= 0.3 is 0 Å². The number of fused-ring (bicyclic) bond motifs is 2. The van der Waals surface area contributed by atoms with Crippen molar-refractivity contribution in [2.24, 2.45) is 0 Å². The topological polar surface area (TPSA) is 159 Å². The highest BCUT2D eigenvalue weighted by molar-refractivity contribution is 8.03. The average molecular weight is 770 g/mol. The molecule has 1 aromatic heterocycles. The number of anilines is 1. The Morgan fingerprint density at radius 1 is 0.938 bits per heavy atom. The lowest BCUT2D eigenvalue weighted by atomic mass is 10.1. The number of hydrogen-bond donors (Lipinski definition) is 2. The first-order valence-electron chi connectivity index (χ1n) is 14.3. The van der Waals surface area contributed by atoms with Crippen molar-refractivity contribution in [1.82, 2.24) is 0 Å². The number of non-ortho nitro benzene ring substituents is 1. The van der Waals surface area contributed by atoms with Crippen molar-refractivity contribution in [2.45, 2.75) is 24.3 Å². The number of halogens is 2. The molecule has 1 aliphatic rings. The standard InChI is InChI=1S/C31H27Cl2N3O8S4/c32-23-7-11-28-26(19-23)34(13-1-15-47(39,40)41)30(45-28)17-22(4-3-21-5-9-25(10-6-21)36(37)38)18-31-35(14-2-16-48(42,43)44)27-20-24(33)8-12-29(27)46-31/h3-12,17-20H,1-2,13-16H2,(H-,39,40,41,42,43,44)/p+1/b4-3+. The molecule has 0 saturated carbocycles. The summed E-state index contributed by atoms with van der Waals surface area (Å²) in [6, 6.07) is 16.9. The molecule has 5 rings (SSSR count). The number of aromatic nitrogens is 1. The molecule has 0 saturated heterocycles. The molecule has 0 spiro atoms. The molecular formula is C31H28Cl2N3O8S4+. The summed E-state index contributed by atoms with van der Waals surface area (Å²) in [7, 11) is -8.35. The summed E-state index contributed by atoms with van der Waals surface area (Å²) in [6.07, 6.45) is 7.74. The van der Waals surface area contributed by atoms with Crippen LogP contribution in [0, 0.1) is 10.1 Å². The molecule has 0 aliphatic carbocycles. The van der Waals surface area contributed by atoms with Gasteiger partial charge in [0.05, 0.1) is 27.1 Å². The zero-order valence-electron chi connectivity index (χ0n) is 24.9. The Morgan fingerprint density at radius 2 is 1.60 bits per heavy atom. The van der Waals surface area contributed by atoms with Crippen LogP contribution in [0.25, 0.3) is 22.4 Å². The van der Waals surface area contributed by atoms with Crippen LogP contribution in [0.4, 0.5) is 11.4 Å². The molecule has 3 aromatic carbocycles. The van der Waals surface area contributed by atoms with Crippen LogP contribution in [0.2, 0.25) is 10.0 Å². The summed E-state index contributed by atoms with van der Waals surface area (Å²) in [6.45, 7) is 0.532. The van der Waals surface area contributed by atoms with E-state index in [1.165, 1.54) is 35.2 Å². The van der Waals surface area contributed by atoms with Crippen LogP contribution in [-0.4, -0.2) is 48.9 Å². The fourth-order valence-corrected chi connectivity index (χ4v) is 8.54. The van der Waals surface area contributed by atoms with E-state index >= 15 is 0 Å². The molecule has 4 aromatic rings. The number of hydrogen-bond acceptors (Lipinski definition) is 9. The molecule has 11 nitrogen and oxygen atoms in total. The molecule has 252 valence electrons. The number of aryl methyl sites for hydroxylation is 1. The Balaban J connectivity index is 1.61. The van der Waals surface area contributed by atoms with E-state index in [-0.39, 0.29) is 31.6 Å². The number of allylic oxidation sites excluding steroid dienone is 3. The maximum Gasteiger partial charge on any atom is 0.269 e. The van der Waals surface area contributed by atoms with E-state index < -0.39 is 36.7 Å². The second kappa shape index (κ2) is 15.1. The molecule has 2 N–H and O–H groups in total. The van der Waals surface area contributed by atoms with Crippen LogP contribution in [0.1, 0.15) is 23.4 Å². The number of thiazole rings is 1. The third-order valence-corrected chi connectivity index (χ3v) is 11.4. The molecule has 0 atom stereocenters. The van der Waals surface area contributed by atoms with Gasteiger partial charge in [0.15, 0.2) is 6.54 Å². The van der Waals surface area contributed by atoms with Crippen LogP contribution in [0.3, 0.4) is 0 Å². The van der Waals surface area contributed by atoms with Crippen molar-refractivity contribution in [2.75, 3.05) is 23.0 Å². The maximum absolute atomic E-state index is 11.5. The minimum atomic E-state index is -4.18. The minimum Gasteiger partial charge on any atom is -0.335 e. The number of nitro benzene ring substituents is 1. The van der Waals surface area contributed by atoms with Crippen molar-refractivity contribution in [3.63, 3.8) is 0 Å². The van der Waals surface area contributed by atoms with E-state index in [2.05, 4.69) is 0 Å². The lowest BCUT2D eigenvalue weighted by Crippen LogP contribution is -2.36. The molecule has 48 heavy (non-hydrogen) atoms. The smallest absolute Gasteiger partial charge is 0.269 e. The number of rotatable bonds is 13. The first-order valence-corrected chi connectivity index (χ1v) is 19.9. The summed E-state index contributed by atoms with van der Waals surface area (Å²) in [5, 5.41) is 13.7. The summed E-state index contributed by atoms with van der Waals surface area (Å²) in [5.74, 6) is -0.845. The Morgan fingerprint density at radius 3 is 2.29 bits per heavy atom. The van der Waals surface area contributed by atoms with E-state index in [1.807, 2.05) is 39.8 Å². The fourth-order valence-electron chi connectivity index (χ4n) is 4.96. The van der Waals surface area contributed by atoms with Gasteiger partial charge in [-0.05, 0) is 66.1 Å². The van der Waals surface area contributed by atoms with Crippen LogP contribution in [0.5, 0.6) is 0 Å². The van der Waals surface area contributed by atoms with Gasteiger partial charge in [-0.25, -0.2) is 0 Å². The Labute approximate surface area is 295 Å². The summed E-state index contributed by atoms with van der Waals surface area (Å²) in [4.78, 5) is 13.5. The van der Waals surface area contributed by atoms with Gasteiger partial charge in [0, 0.05) is 52.2 Å². The van der Waals surface area contributed by atoms with Gasteiger partial charge in [0.1, 0.15) is 4.70 Å².